The van der Waals surface area contributed by atoms with Crippen molar-refractivity contribution in [3.8, 4) is 0 Å². The summed E-state index contributed by atoms with van der Waals surface area (Å²) in [4.78, 5) is 31.2. The summed E-state index contributed by atoms with van der Waals surface area (Å²) in [5, 5.41) is 13.5. The molecule has 0 aliphatic carbocycles. The maximum Gasteiger partial charge on any atom is 0.258 e. The van der Waals surface area contributed by atoms with Gasteiger partial charge >= 0.3 is 0 Å². The van der Waals surface area contributed by atoms with Crippen LogP contribution in [0.2, 0.25) is 0 Å². The highest BCUT2D eigenvalue weighted by atomic mass is 79.9. The van der Waals surface area contributed by atoms with E-state index in [1.807, 2.05) is 0 Å². The van der Waals surface area contributed by atoms with Crippen molar-refractivity contribution in [2.24, 2.45) is 0 Å². The number of amidine groups is 1. The summed E-state index contributed by atoms with van der Waals surface area (Å²) in [6.45, 7) is 0. The molecule has 3 aromatic rings. The van der Waals surface area contributed by atoms with Crippen LogP contribution in [0.25, 0.3) is 0 Å². The summed E-state index contributed by atoms with van der Waals surface area (Å²) >= 11 is 3.30. The summed E-state index contributed by atoms with van der Waals surface area (Å²) in [7, 11) is 3.57. The number of hydrogen-bond acceptors (Lipinski definition) is 4. The van der Waals surface area contributed by atoms with E-state index >= 15 is 0 Å². The topological polar surface area (TPSA) is 98.2 Å². The normalized spacial score (nSPS) is 10.2. The third kappa shape index (κ3) is 5.09. The van der Waals surface area contributed by atoms with Crippen LogP contribution in [-0.2, 0) is 0 Å². The van der Waals surface area contributed by atoms with Crippen LogP contribution in [0.3, 0.4) is 0 Å². The molecule has 0 saturated heterocycles. The Labute approximate surface area is 182 Å². The molecule has 8 heteroatoms. The van der Waals surface area contributed by atoms with Gasteiger partial charge in [-0.2, -0.15) is 0 Å². The van der Waals surface area contributed by atoms with Crippen molar-refractivity contribution in [2.75, 3.05) is 24.7 Å². The van der Waals surface area contributed by atoms with Crippen LogP contribution < -0.4 is 10.6 Å². The molecule has 0 fully saturated rings. The highest BCUT2D eigenvalue weighted by Crippen LogP contribution is 2.19. The minimum absolute atomic E-state index is 0.321. The van der Waals surface area contributed by atoms with Crippen LogP contribution in [0.4, 0.5) is 11.5 Å². The molecule has 2 amide bonds. The SMILES string of the molecule is CN(C)C(=N)c1ccc(C(=O)Nc2ccccc2C(=O)Nc2ccc(Br)cn2)cc1. The van der Waals surface area contributed by atoms with Gasteiger partial charge in [-0.25, -0.2) is 4.98 Å². The van der Waals surface area contributed by atoms with Crippen molar-refractivity contribution in [3.63, 3.8) is 0 Å². The lowest BCUT2D eigenvalue weighted by Gasteiger charge is -2.14. The molecule has 1 heterocycles. The number of rotatable bonds is 5. The number of benzene rings is 2. The van der Waals surface area contributed by atoms with E-state index in [2.05, 4.69) is 31.5 Å². The number of pyridine rings is 1. The van der Waals surface area contributed by atoms with Crippen LogP contribution in [0.1, 0.15) is 26.3 Å². The number of hydrogen-bond donors (Lipinski definition) is 3. The van der Waals surface area contributed by atoms with Crippen molar-refractivity contribution in [1.82, 2.24) is 9.88 Å². The maximum absolute atomic E-state index is 12.7. The second kappa shape index (κ2) is 9.32. The van der Waals surface area contributed by atoms with E-state index in [4.69, 9.17) is 5.41 Å². The second-order valence-corrected chi connectivity index (χ2v) is 7.55. The van der Waals surface area contributed by atoms with Gasteiger partial charge in [-0.1, -0.05) is 24.3 Å². The molecule has 152 valence electrons. The number of anilines is 2. The largest absolute Gasteiger partial charge is 0.363 e. The lowest BCUT2D eigenvalue weighted by molar-refractivity contribution is 0.102. The number of amides is 2. The average Bonchev–Trinajstić information content (AvgIpc) is 2.75. The van der Waals surface area contributed by atoms with Crippen molar-refractivity contribution in [2.45, 2.75) is 0 Å². The number of halogens is 1. The Bertz CT molecular complexity index is 1080. The predicted molar refractivity (Wildman–Crippen MR) is 121 cm³/mol. The van der Waals surface area contributed by atoms with E-state index in [-0.39, 0.29) is 11.8 Å². The molecule has 0 aliphatic rings. The van der Waals surface area contributed by atoms with E-state index in [0.717, 1.165) is 4.47 Å². The predicted octanol–water partition coefficient (Wildman–Crippen LogP) is 4.24. The molecule has 30 heavy (non-hydrogen) atoms. The standard InChI is InChI=1S/C22H20BrN5O2/c1-28(2)20(24)14-7-9-15(10-8-14)21(29)26-18-6-4-3-5-17(18)22(30)27-19-12-11-16(23)13-25-19/h3-13,24H,1-2H3,(H,26,29)(H,25,27,30). The maximum atomic E-state index is 12.7. The molecular weight excluding hydrogens is 446 g/mol. The van der Waals surface area contributed by atoms with Crippen LogP contribution >= 0.6 is 15.9 Å². The smallest absolute Gasteiger partial charge is 0.258 e. The number of carbonyl (C=O) groups is 2. The van der Waals surface area contributed by atoms with E-state index in [1.165, 1.54) is 0 Å². The Morgan fingerprint density at radius 3 is 2.20 bits per heavy atom. The number of carbonyl (C=O) groups excluding carboxylic acids is 2. The minimum Gasteiger partial charge on any atom is -0.363 e. The first-order valence-corrected chi connectivity index (χ1v) is 9.84. The second-order valence-electron chi connectivity index (χ2n) is 6.64. The lowest BCUT2D eigenvalue weighted by atomic mass is 10.1. The number of nitrogens with zero attached hydrogens (tertiary/aromatic N) is 2. The molecule has 7 nitrogen and oxygen atoms in total. The van der Waals surface area contributed by atoms with Gasteiger partial charge in [0.1, 0.15) is 11.7 Å². The van der Waals surface area contributed by atoms with Crippen molar-refractivity contribution in [3.05, 3.63) is 88.0 Å². The van der Waals surface area contributed by atoms with Crippen molar-refractivity contribution >= 4 is 45.1 Å². The molecule has 1 aromatic heterocycles. The number of nitrogens with one attached hydrogen (secondary N) is 3. The fourth-order valence-corrected chi connectivity index (χ4v) is 2.89. The Hall–Kier alpha value is -3.52. The molecule has 3 rings (SSSR count). The Balaban J connectivity index is 1.75. The fraction of sp³-hybridized carbons (Fsp3) is 0.0909. The van der Waals surface area contributed by atoms with Gasteiger partial charge in [0.2, 0.25) is 0 Å². The summed E-state index contributed by atoms with van der Waals surface area (Å²) in [5.74, 6) is 0.0317. The van der Waals surface area contributed by atoms with Crippen LogP contribution in [0.15, 0.2) is 71.3 Å². The number of para-hydroxylation sites is 1. The minimum atomic E-state index is -0.379. The van der Waals surface area contributed by atoms with Crippen molar-refractivity contribution in [1.29, 1.82) is 5.41 Å². The highest BCUT2D eigenvalue weighted by Gasteiger charge is 2.15. The lowest BCUT2D eigenvalue weighted by Crippen LogP contribution is -2.22. The van der Waals surface area contributed by atoms with Gasteiger partial charge in [0, 0.05) is 35.9 Å². The number of aromatic nitrogens is 1. The fourth-order valence-electron chi connectivity index (χ4n) is 2.66. The van der Waals surface area contributed by atoms with E-state index < -0.39 is 0 Å². The molecule has 0 bridgehead atoms. The van der Waals surface area contributed by atoms with Gasteiger partial charge in [0.25, 0.3) is 11.8 Å². The Kier molecular flexibility index (Phi) is 6.58. The third-order valence-corrected chi connectivity index (χ3v) is 4.73. The first-order valence-electron chi connectivity index (χ1n) is 9.05. The zero-order valence-corrected chi connectivity index (χ0v) is 18.0. The van der Waals surface area contributed by atoms with Crippen LogP contribution in [0, 0.1) is 5.41 Å². The highest BCUT2D eigenvalue weighted by molar-refractivity contribution is 9.10. The summed E-state index contributed by atoms with van der Waals surface area (Å²) in [6, 6.07) is 16.9. The molecule has 0 saturated carbocycles. The molecule has 0 spiro atoms. The molecule has 0 unspecified atom stereocenters. The first kappa shape index (κ1) is 21.2. The molecular formula is C22H20BrN5O2. The molecule has 3 N–H and O–H groups in total. The Morgan fingerprint density at radius 2 is 1.57 bits per heavy atom. The molecule has 2 aromatic carbocycles. The van der Waals surface area contributed by atoms with Gasteiger partial charge in [-0.15, -0.1) is 0 Å². The molecule has 0 aliphatic heterocycles. The van der Waals surface area contributed by atoms with Crippen molar-refractivity contribution < 1.29 is 9.59 Å². The Morgan fingerprint density at radius 1 is 0.900 bits per heavy atom. The quantitative estimate of drug-likeness (QED) is 0.387. The average molecular weight is 466 g/mol. The van der Waals surface area contributed by atoms with E-state index in [9.17, 15) is 9.59 Å². The monoisotopic (exact) mass is 465 g/mol. The van der Waals surface area contributed by atoms with Gasteiger partial charge in [-0.3, -0.25) is 15.0 Å². The summed E-state index contributed by atoms with van der Waals surface area (Å²) < 4.78 is 0.805. The zero-order valence-electron chi connectivity index (χ0n) is 16.4. The molecule has 0 radical (unpaired) electrons. The van der Waals surface area contributed by atoms with Gasteiger partial charge in [-0.05, 0) is 52.3 Å². The van der Waals surface area contributed by atoms with Crippen LogP contribution in [-0.4, -0.2) is 41.6 Å². The summed E-state index contributed by atoms with van der Waals surface area (Å²) in [6.07, 6.45) is 1.59. The molecule has 0 atom stereocenters. The van der Waals surface area contributed by atoms with Gasteiger partial charge < -0.3 is 15.5 Å². The van der Waals surface area contributed by atoms with Gasteiger partial charge in [0.15, 0.2) is 0 Å². The van der Waals surface area contributed by atoms with Crippen LogP contribution in [0.5, 0.6) is 0 Å². The van der Waals surface area contributed by atoms with E-state index in [0.29, 0.717) is 34.0 Å². The van der Waals surface area contributed by atoms with Gasteiger partial charge in [0.05, 0.1) is 11.3 Å². The first-order chi connectivity index (χ1) is 14.3. The third-order valence-electron chi connectivity index (χ3n) is 4.26. The summed E-state index contributed by atoms with van der Waals surface area (Å²) in [5.41, 5.74) is 1.84. The zero-order chi connectivity index (χ0) is 21.7. The van der Waals surface area contributed by atoms with E-state index in [1.54, 1.807) is 85.9 Å².